The van der Waals surface area contributed by atoms with E-state index in [-0.39, 0.29) is 0 Å². The van der Waals surface area contributed by atoms with Gasteiger partial charge in [0.05, 0.1) is 24.8 Å². The lowest BCUT2D eigenvalue weighted by Gasteiger charge is -2.10. The molecule has 1 heterocycles. The molecule has 0 aliphatic carbocycles. The second-order valence-corrected chi connectivity index (χ2v) is 4.12. The van der Waals surface area contributed by atoms with Gasteiger partial charge in [0.15, 0.2) is 0 Å². The second-order valence-electron chi connectivity index (χ2n) is 3.31. The quantitative estimate of drug-likeness (QED) is 0.747. The van der Waals surface area contributed by atoms with Crippen molar-refractivity contribution in [1.82, 2.24) is 4.98 Å². The van der Waals surface area contributed by atoms with Crippen LogP contribution in [0.15, 0.2) is 6.07 Å². The molecule has 0 aliphatic heterocycles. The summed E-state index contributed by atoms with van der Waals surface area (Å²) in [6.45, 7) is 1.90. The van der Waals surface area contributed by atoms with E-state index < -0.39 is 0 Å². The fraction of sp³-hybridized carbons (Fsp3) is 0.545. The molecule has 7 heteroatoms. The van der Waals surface area contributed by atoms with Gasteiger partial charge in [0.2, 0.25) is 5.88 Å². The highest BCUT2D eigenvalue weighted by molar-refractivity contribution is 6.36. The van der Waals surface area contributed by atoms with E-state index in [1.165, 1.54) is 0 Å². The lowest BCUT2D eigenvalue weighted by atomic mass is 10.4. The smallest absolute Gasteiger partial charge is 0.234 e. The van der Waals surface area contributed by atoms with Gasteiger partial charge in [-0.25, -0.2) is 0 Å². The van der Waals surface area contributed by atoms with Crippen LogP contribution in [0.5, 0.6) is 5.88 Å². The number of nitrogens with one attached hydrogen (secondary N) is 1. The van der Waals surface area contributed by atoms with Crippen molar-refractivity contribution < 1.29 is 14.2 Å². The molecule has 1 rings (SSSR count). The number of methoxy groups -OCH3 is 1. The highest BCUT2D eigenvalue weighted by Crippen LogP contribution is 2.30. The van der Waals surface area contributed by atoms with Crippen molar-refractivity contribution >= 4 is 29.0 Å². The molecule has 0 aromatic carbocycles. The predicted molar refractivity (Wildman–Crippen MR) is 72.0 cm³/mol. The summed E-state index contributed by atoms with van der Waals surface area (Å²) in [5, 5.41) is 3.67. The Kier molecular flexibility index (Phi) is 7.12. The Hall–Kier alpha value is -0.750. The molecule has 0 fully saturated rings. The first-order valence-corrected chi connectivity index (χ1v) is 6.18. The minimum atomic E-state index is 0.334. The number of rotatable bonds is 8. The Bertz CT molecular complexity index is 378. The normalized spacial score (nSPS) is 10.4. The molecule has 0 spiro atoms. The molecule has 0 amide bonds. The van der Waals surface area contributed by atoms with Gasteiger partial charge >= 0.3 is 0 Å². The summed E-state index contributed by atoms with van der Waals surface area (Å²) < 4.78 is 15.5. The maximum Gasteiger partial charge on any atom is 0.234 e. The average molecular weight is 295 g/mol. The Morgan fingerprint density at radius 1 is 1.17 bits per heavy atom. The maximum absolute atomic E-state index is 5.96. The molecule has 0 saturated carbocycles. The third kappa shape index (κ3) is 4.86. The molecule has 0 radical (unpaired) electrons. The first-order valence-electron chi connectivity index (χ1n) is 5.42. The number of ether oxygens (including phenoxy) is 3. The summed E-state index contributed by atoms with van der Waals surface area (Å²) in [7, 11) is 3.34. The van der Waals surface area contributed by atoms with Crippen LogP contribution in [-0.4, -0.2) is 45.6 Å². The lowest BCUT2D eigenvalue weighted by Crippen LogP contribution is -2.11. The zero-order valence-corrected chi connectivity index (χ0v) is 11.8. The third-order valence-electron chi connectivity index (χ3n) is 2.03. The number of aromatic nitrogens is 1. The number of hydrogen-bond acceptors (Lipinski definition) is 5. The van der Waals surface area contributed by atoms with E-state index in [0.29, 0.717) is 48.2 Å². The van der Waals surface area contributed by atoms with Crippen molar-refractivity contribution in [3.63, 3.8) is 0 Å². The minimum Gasteiger partial charge on any atom is -0.474 e. The van der Waals surface area contributed by atoms with Crippen LogP contribution in [0.4, 0.5) is 5.82 Å². The summed E-state index contributed by atoms with van der Waals surface area (Å²) in [6.07, 6.45) is 0. The van der Waals surface area contributed by atoms with Crippen LogP contribution < -0.4 is 10.1 Å². The molecule has 1 aromatic rings. The first kappa shape index (κ1) is 15.3. The minimum absolute atomic E-state index is 0.334. The highest BCUT2D eigenvalue weighted by atomic mass is 35.5. The summed E-state index contributed by atoms with van der Waals surface area (Å²) in [5.41, 5.74) is 0. The van der Waals surface area contributed by atoms with Crippen LogP contribution in [0.3, 0.4) is 0 Å². The second kappa shape index (κ2) is 8.37. The van der Waals surface area contributed by atoms with E-state index in [2.05, 4.69) is 10.3 Å². The van der Waals surface area contributed by atoms with Crippen molar-refractivity contribution in [2.45, 2.75) is 0 Å². The molecular weight excluding hydrogens is 279 g/mol. The van der Waals surface area contributed by atoms with Crippen LogP contribution in [0.1, 0.15) is 0 Å². The van der Waals surface area contributed by atoms with Gasteiger partial charge in [0.25, 0.3) is 0 Å². The van der Waals surface area contributed by atoms with Crippen LogP contribution in [0.2, 0.25) is 10.0 Å². The highest BCUT2D eigenvalue weighted by Gasteiger charge is 2.09. The summed E-state index contributed by atoms with van der Waals surface area (Å²) >= 11 is 11.9. The monoisotopic (exact) mass is 294 g/mol. The van der Waals surface area contributed by atoms with E-state index in [1.807, 2.05) is 0 Å². The van der Waals surface area contributed by atoms with Crippen molar-refractivity contribution in [2.24, 2.45) is 0 Å². The Balaban J connectivity index is 2.42. The van der Waals surface area contributed by atoms with Crippen LogP contribution in [0.25, 0.3) is 0 Å². The molecule has 0 unspecified atom stereocenters. The van der Waals surface area contributed by atoms with Gasteiger partial charge in [-0.05, 0) is 6.07 Å². The third-order valence-corrected chi connectivity index (χ3v) is 2.59. The van der Waals surface area contributed by atoms with Gasteiger partial charge in [-0.1, -0.05) is 23.2 Å². The number of halogens is 2. The summed E-state index contributed by atoms with van der Waals surface area (Å²) in [4.78, 5) is 4.15. The standard InChI is InChI=1S/C11H16Cl2N2O3/c1-14-10-8(12)7-9(13)11(15-10)18-6-5-17-4-3-16-2/h7H,3-6H2,1-2H3,(H,14,15). The van der Waals surface area contributed by atoms with Gasteiger partial charge in [-0.15, -0.1) is 0 Å². The molecule has 0 bridgehead atoms. The van der Waals surface area contributed by atoms with Gasteiger partial charge in [0.1, 0.15) is 17.4 Å². The van der Waals surface area contributed by atoms with E-state index in [0.717, 1.165) is 0 Å². The van der Waals surface area contributed by atoms with Crippen molar-refractivity contribution in [3.05, 3.63) is 16.1 Å². The van der Waals surface area contributed by atoms with Gasteiger partial charge in [0, 0.05) is 14.2 Å². The van der Waals surface area contributed by atoms with Crippen LogP contribution in [-0.2, 0) is 9.47 Å². The van der Waals surface area contributed by atoms with Crippen LogP contribution in [0, 0.1) is 0 Å². The van der Waals surface area contributed by atoms with E-state index >= 15 is 0 Å². The zero-order valence-electron chi connectivity index (χ0n) is 10.3. The largest absolute Gasteiger partial charge is 0.474 e. The SMILES string of the molecule is CNc1nc(OCCOCCOC)c(Cl)cc1Cl. The number of nitrogens with zero attached hydrogens (tertiary/aromatic N) is 1. The molecule has 0 aliphatic rings. The van der Waals surface area contributed by atoms with Crippen LogP contribution >= 0.6 is 23.2 Å². The summed E-state index contributed by atoms with van der Waals surface area (Å²) in [6, 6.07) is 1.59. The predicted octanol–water partition coefficient (Wildman–Crippen LogP) is 2.47. The van der Waals surface area contributed by atoms with Crippen molar-refractivity contribution in [2.75, 3.05) is 45.9 Å². The molecule has 5 nitrogen and oxygen atoms in total. The number of anilines is 1. The molecule has 0 atom stereocenters. The maximum atomic E-state index is 5.96. The molecule has 1 N–H and O–H groups in total. The fourth-order valence-electron chi connectivity index (χ4n) is 1.17. The molecule has 18 heavy (non-hydrogen) atoms. The van der Waals surface area contributed by atoms with Gasteiger partial charge < -0.3 is 19.5 Å². The average Bonchev–Trinajstić information content (AvgIpc) is 2.36. The molecule has 0 saturated heterocycles. The van der Waals surface area contributed by atoms with E-state index in [1.54, 1.807) is 20.2 Å². The molecule has 1 aromatic heterocycles. The fourth-order valence-corrected chi connectivity index (χ4v) is 1.68. The van der Waals surface area contributed by atoms with Crippen molar-refractivity contribution in [3.8, 4) is 5.88 Å². The zero-order chi connectivity index (χ0) is 13.4. The summed E-state index contributed by atoms with van der Waals surface area (Å²) in [5.74, 6) is 0.858. The molecular formula is C11H16Cl2N2O3. The molecule has 102 valence electrons. The first-order chi connectivity index (χ1) is 8.69. The lowest BCUT2D eigenvalue weighted by molar-refractivity contribution is 0.0537. The van der Waals surface area contributed by atoms with E-state index in [4.69, 9.17) is 37.4 Å². The van der Waals surface area contributed by atoms with E-state index in [9.17, 15) is 0 Å². The topological polar surface area (TPSA) is 52.6 Å². The van der Waals surface area contributed by atoms with Gasteiger partial charge in [-0.3, -0.25) is 0 Å². The number of hydrogen-bond donors (Lipinski definition) is 1. The Morgan fingerprint density at radius 3 is 2.56 bits per heavy atom. The Morgan fingerprint density at radius 2 is 1.89 bits per heavy atom. The van der Waals surface area contributed by atoms with Crippen molar-refractivity contribution in [1.29, 1.82) is 0 Å². The Labute approximate surface area is 116 Å². The van der Waals surface area contributed by atoms with Gasteiger partial charge in [-0.2, -0.15) is 4.98 Å². The number of pyridine rings is 1.